The van der Waals surface area contributed by atoms with E-state index >= 15 is 0 Å². The lowest BCUT2D eigenvalue weighted by atomic mass is 10.2. The Kier molecular flexibility index (Phi) is 4.68. The molecule has 2 rings (SSSR count). The highest BCUT2D eigenvalue weighted by Gasteiger charge is 2.11. The van der Waals surface area contributed by atoms with E-state index in [2.05, 4.69) is 43.4 Å². The Labute approximate surface area is 120 Å². The van der Waals surface area contributed by atoms with Crippen LogP contribution in [0.2, 0.25) is 0 Å². The number of pyridine rings is 1. The van der Waals surface area contributed by atoms with Gasteiger partial charge in [0.1, 0.15) is 0 Å². The first kappa shape index (κ1) is 13.7. The standard InChI is InChI=1S/C13H15BrN4O/c1-2-3-4-9-7-12(18-17-9)16-13(19)10-5-6-15-8-11(10)14/h5-8H,2-4H2,1H3,(H2,16,17,18,19). The number of aryl methyl sites for hydroxylation is 1. The maximum atomic E-state index is 12.0. The van der Waals surface area contributed by atoms with Gasteiger partial charge in [-0.15, -0.1) is 0 Å². The zero-order chi connectivity index (χ0) is 13.7. The van der Waals surface area contributed by atoms with E-state index in [1.807, 2.05) is 6.07 Å². The van der Waals surface area contributed by atoms with Crippen molar-refractivity contribution in [3.63, 3.8) is 0 Å². The van der Waals surface area contributed by atoms with Crippen molar-refractivity contribution in [2.24, 2.45) is 0 Å². The molecule has 19 heavy (non-hydrogen) atoms. The molecular formula is C13H15BrN4O. The number of H-pyrrole nitrogens is 1. The summed E-state index contributed by atoms with van der Waals surface area (Å²) in [6, 6.07) is 3.52. The van der Waals surface area contributed by atoms with Crippen LogP contribution in [0.1, 0.15) is 35.8 Å². The molecule has 2 heterocycles. The van der Waals surface area contributed by atoms with Crippen LogP contribution in [0.25, 0.3) is 0 Å². The molecule has 0 bridgehead atoms. The second-order valence-corrected chi connectivity index (χ2v) is 5.05. The molecule has 0 saturated heterocycles. The lowest BCUT2D eigenvalue weighted by Gasteiger charge is -2.02. The zero-order valence-corrected chi connectivity index (χ0v) is 12.2. The highest BCUT2D eigenvalue weighted by atomic mass is 79.9. The van der Waals surface area contributed by atoms with E-state index in [4.69, 9.17) is 0 Å². The number of carbonyl (C=O) groups excluding carboxylic acids is 1. The summed E-state index contributed by atoms with van der Waals surface area (Å²) in [4.78, 5) is 16.0. The summed E-state index contributed by atoms with van der Waals surface area (Å²) >= 11 is 3.30. The smallest absolute Gasteiger partial charge is 0.258 e. The molecule has 0 fully saturated rings. The van der Waals surface area contributed by atoms with E-state index in [0.29, 0.717) is 15.9 Å². The van der Waals surface area contributed by atoms with Crippen LogP contribution in [0, 0.1) is 0 Å². The van der Waals surface area contributed by atoms with E-state index in [9.17, 15) is 4.79 Å². The average Bonchev–Trinajstić information content (AvgIpc) is 2.84. The highest BCUT2D eigenvalue weighted by molar-refractivity contribution is 9.10. The maximum Gasteiger partial charge on any atom is 0.258 e. The lowest BCUT2D eigenvalue weighted by molar-refractivity contribution is 0.102. The van der Waals surface area contributed by atoms with Crippen molar-refractivity contribution in [1.29, 1.82) is 0 Å². The molecule has 0 saturated carbocycles. The van der Waals surface area contributed by atoms with Crippen LogP contribution in [0.5, 0.6) is 0 Å². The average molecular weight is 323 g/mol. The summed E-state index contributed by atoms with van der Waals surface area (Å²) in [6.07, 6.45) is 6.34. The van der Waals surface area contributed by atoms with Crippen LogP contribution in [-0.2, 0) is 6.42 Å². The Morgan fingerprint density at radius 1 is 1.53 bits per heavy atom. The Morgan fingerprint density at radius 2 is 2.37 bits per heavy atom. The van der Waals surface area contributed by atoms with Crippen molar-refractivity contribution in [2.75, 3.05) is 5.32 Å². The second-order valence-electron chi connectivity index (χ2n) is 4.19. The van der Waals surface area contributed by atoms with Crippen molar-refractivity contribution in [2.45, 2.75) is 26.2 Å². The molecule has 100 valence electrons. The van der Waals surface area contributed by atoms with Gasteiger partial charge in [-0.25, -0.2) is 0 Å². The molecule has 0 unspecified atom stereocenters. The molecule has 0 atom stereocenters. The van der Waals surface area contributed by atoms with Crippen molar-refractivity contribution < 1.29 is 4.79 Å². The number of hydrogen-bond acceptors (Lipinski definition) is 3. The number of nitrogens with zero attached hydrogens (tertiary/aromatic N) is 2. The van der Waals surface area contributed by atoms with Gasteiger partial charge in [0.25, 0.3) is 5.91 Å². The van der Waals surface area contributed by atoms with Crippen LogP contribution >= 0.6 is 15.9 Å². The molecule has 2 aromatic rings. The van der Waals surface area contributed by atoms with Crippen molar-refractivity contribution >= 4 is 27.7 Å². The van der Waals surface area contributed by atoms with E-state index < -0.39 is 0 Å². The van der Waals surface area contributed by atoms with Gasteiger partial charge in [-0.05, 0) is 34.8 Å². The second kappa shape index (κ2) is 6.47. The first-order valence-corrected chi connectivity index (χ1v) is 6.95. The molecule has 5 nitrogen and oxygen atoms in total. The number of aromatic nitrogens is 3. The molecule has 0 radical (unpaired) electrons. The molecule has 2 N–H and O–H groups in total. The summed E-state index contributed by atoms with van der Waals surface area (Å²) in [7, 11) is 0. The minimum absolute atomic E-state index is 0.206. The fourth-order valence-electron chi connectivity index (χ4n) is 1.66. The molecule has 0 aliphatic rings. The van der Waals surface area contributed by atoms with Gasteiger partial charge < -0.3 is 5.32 Å². The van der Waals surface area contributed by atoms with Gasteiger partial charge in [-0.1, -0.05) is 13.3 Å². The van der Waals surface area contributed by atoms with Crippen LogP contribution in [0.15, 0.2) is 29.0 Å². The molecule has 1 amide bonds. The summed E-state index contributed by atoms with van der Waals surface area (Å²) in [6.45, 7) is 2.14. The predicted molar refractivity (Wildman–Crippen MR) is 77.1 cm³/mol. The number of rotatable bonds is 5. The predicted octanol–water partition coefficient (Wildman–Crippen LogP) is 3.16. The van der Waals surface area contributed by atoms with Gasteiger partial charge in [-0.2, -0.15) is 5.10 Å². The Morgan fingerprint density at radius 3 is 3.11 bits per heavy atom. The molecule has 6 heteroatoms. The summed E-state index contributed by atoms with van der Waals surface area (Å²) < 4.78 is 0.661. The third-order valence-corrected chi connectivity index (χ3v) is 3.32. The van der Waals surface area contributed by atoms with Crippen LogP contribution in [0.3, 0.4) is 0 Å². The number of carbonyl (C=O) groups is 1. The van der Waals surface area contributed by atoms with Gasteiger partial charge in [0, 0.05) is 28.6 Å². The minimum atomic E-state index is -0.206. The van der Waals surface area contributed by atoms with Gasteiger partial charge in [0.05, 0.1) is 5.56 Å². The summed E-state index contributed by atoms with van der Waals surface area (Å²) in [5.74, 6) is 0.336. The Balaban J connectivity index is 2.03. The lowest BCUT2D eigenvalue weighted by Crippen LogP contribution is -2.12. The number of aromatic amines is 1. The molecule has 0 aliphatic heterocycles. The SMILES string of the molecule is CCCCc1cc(NC(=O)c2ccncc2Br)n[nH]1. The molecule has 2 aromatic heterocycles. The highest BCUT2D eigenvalue weighted by Crippen LogP contribution is 2.16. The quantitative estimate of drug-likeness (QED) is 0.888. The molecule has 0 aromatic carbocycles. The van der Waals surface area contributed by atoms with E-state index in [1.165, 1.54) is 0 Å². The fraction of sp³-hybridized carbons (Fsp3) is 0.308. The number of amides is 1. The maximum absolute atomic E-state index is 12.0. The number of nitrogens with one attached hydrogen (secondary N) is 2. The molecular weight excluding hydrogens is 308 g/mol. The first-order valence-electron chi connectivity index (χ1n) is 6.16. The molecule has 0 aliphatic carbocycles. The third kappa shape index (κ3) is 3.64. The number of anilines is 1. The zero-order valence-electron chi connectivity index (χ0n) is 10.6. The fourth-order valence-corrected chi connectivity index (χ4v) is 2.09. The number of hydrogen-bond donors (Lipinski definition) is 2. The van der Waals surface area contributed by atoms with Gasteiger partial charge in [-0.3, -0.25) is 14.9 Å². The van der Waals surface area contributed by atoms with E-state index in [0.717, 1.165) is 25.0 Å². The Hall–Kier alpha value is -1.69. The largest absolute Gasteiger partial charge is 0.305 e. The number of unbranched alkanes of at least 4 members (excludes halogenated alkanes) is 1. The van der Waals surface area contributed by atoms with Gasteiger partial charge >= 0.3 is 0 Å². The third-order valence-electron chi connectivity index (χ3n) is 2.69. The first-order chi connectivity index (χ1) is 9.20. The van der Waals surface area contributed by atoms with E-state index in [-0.39, 0.29) is 5.91 Å². The monoisotopic (exact) mass is 322 g/mol. The molecule has 0 spiro atoms. The minimum Gasteiger partial charge on any atom is -0.305 e. The summed E-state index contributed by atoms with van der Waals surface area (Å²) in [5.41, 5.74) is 1.57. The van der Waals surface area contributed by atoms with Gasteiger partial charge in [0.2, 0.25) is 0 Å². The normalized spacial score (nSPS) is 10.4. The van der Waals surface area contributed by atoms with E-state index in [1.54, 1.807) is 18.5 Å². The van der Waals surface area contributed by atoms with Crippen molar-refractivity contribution in [3.8, 4) is 0 Å². The van der Waals surface area contributed by atoms with Crippen molar-refractivity contribution in [1.82, 2.24) is 15.2 Å². The van der Waals surface area contributed by atoms with Crippen LogP contribution in [0.4, 0.5) is 5.82 Å². The number of halogens is 1. The van der Waals surface area contributed by atoms with Crippen molar-refractivity contribution in [3.05, 3.63) is 40.3 Å². The van der Waals surface area contributed by atoms with Crippen LogP contribution in [-0.4, -0.2) is 21.1 Å². The summed E-state index contributed by atoms with van der Waals surface area (Å²) in [5, 5.41) is 9.76. The van der Waals surface area contributed by atoms with Gasteiger partial charge in [0.15, 0.2) is 5.82 Å². The Bertz CT molecular complexity index is 567. The van der Waals surface area contributed by atoms with Crippen LogP contribution < -0.4 is 5.32 Å². The topological polar surface area (TPSA) is 70.7 Å².